The number of rotatable bonds is 4. The molecule has 1 unspecified atom stereocenters. The lowest BCUT2D eigenvalue weighted by Gasteiger charge is -2.19. The minimum absolute atomic E-state index is 0.0346. The first kappa shape index (κ1) is 14.3. The van der Waals surface area contributed by atoms with E-state index in [9.17, 15) is 13.2 Å². The normalized spacial score (nSPS) is 25.1. The van der Waals surface area contributed by atoms with Crippen molar-refractivity contribution in [3.05, 3.63) is 24.2 Å². The lowest BCUT2D eigenvalue weighted by Crippen LogP contribution is -2.28. The van der Waals surface area contributed by atoms with E-state index in [1.807, 2.05) is 13.8 Å². The van der Waals surface area contributed by atoms with Crippen molar-refractivity contribution < 1.29 is 17.6 Å². The highest BCUT2D eigenvalue weighted by atomic mass is 32.2. The quantitative estimate of drug-likeness (QED) is 0.788. The third-order valence-corrected chi connectivity index (χ3v) is 4.99. The molecular formula is C13H19NO4S. The Kier molecular flexibility index (Phi) is 3.82. The van der Waals surface area contributed by atoms with Crippen LogP contribution in [0.4, 0.5) is 0 Å². The molecule has 1 saturated heterocycles. The Morgan fingerprint density at radius 1 is 1.42 bits per heavy atom. The molecule has 0 saturated carbocycles. The summed E-state index contributed by atoms with van der Waals surface area (Å²) in [6.07, 6.45) is 2.64. The fourth-order valence-corrected chi connectivity index (χ4v) is 3.49. The summed E-state index contributed by atoms with van der Waals surface area (Å²) in [6, 6.07) is 3.30. The van der Waals surface area contributed by atoms with Gasteiger partial charge in [0.1, 0.15) is 0 Å². The van der Waals surface area contributed by atoms with Crippen molar-refractivity contribution in [2.75, 3.05) is 19.3 Å². The molecular weight excluding hydrogens is 266 g/mol. The molecule has 0 N–H and O–H groups in total. The fourth-order valence-electron chi connectivity index (χ4n) is 2.62. The van der Waals surface area contributed by atoms with Gasteiger partial charge in [0.2, 0.25) is 15.8 Å². The molecule has 0 aromatic carbocycles. The molecule has 0 spiro atoms. The Balaban J connectivity index is 2.25. The molecule has 1 fully saturated rings. The molecule has 106 valence electrons. The molecule has 5 nitrogen and oxygen atoms in total. The topological polar surface area (TPSA) is 67.6 Å². The smallest absolute Gasteiger partial charge is 0.211 e. The Hall–Kier alpha value is -1.14. The standard InChI is InChI=1S/C13H19NO4S/c1-9(2)10-7-14(19(3,16)17)8-11(10)13(15)12-5-4-6-18-12/h4-6,9-11H,7-8H2,1-3H3/t10-,11?/m1/s1. The summed E-state index contributed by atoms with van der Waals surface area (Å²) in [5, 5.41) is 0. The predicted molar refractivity (Wildman–Crippen MR) is 71.3 cm³/mol. The molecule has 0 aliphatic carbocycles. The summed E-state index contributed by atoms with van der Waals surface area (Å²) in [6.45, 7) is 4.69. The fraction of sp³-hybridized carbons (Fsp3) is 0.615. The molecule has 2 atom stereocenters. The van der Waals surface area contributed by atoms with Gasteiger partial charge in [0.15, 0.2) is 5.76 Å². The second-order valence-electron chi connectivity index (χ2n) is 5.44. The molecule has 0 amide bonds. The van der Waals surface area contributed by atoms with Crippen molar-refractivity contribution >= 4 is 15.8 Å². The molecule has 0 radical (unpaired) electrons. The van der Waals surface area contributed by atoms with E-state index in [0.29, 0.717) is 12.3 Å². The Morgan fingerprint density at radius 2 is 2.11 bits per heavy atom. The van der Waals surface area contributed by atoms with Crippen LogP contribution in [0.25, 0.3) is 0 Å². The molecule has 6 heteroatoms. The van der Waals surface area contributed by atoms with E-state index >= 15 is 0 Å². The first-order valence-corrected chi connectivity index (χ1v) is 8.18. The van der Waals surface area contributed by atoms with Crippen LogP contribution in [0.1, 0.15) is 24.4 Å². The van der Waals surface area contributed by atoms with Gasteiger partial charge in [-0.1, -0.05) is 13.8 Å². The van der Waals surface area contributed by atoms with E-state index in [2.05, 4.69) is 0 Å². The lowest BCUT2D eigenvalue weighted by molar-refractivity contribution is 0.0854. The first-order valence-electron chi connectivity index (χ1n) is 6.33. The molecule has 2 rings (SSSR count). The van der Waals surface area contributed by atoms with E-state index in [1.54, 1.807) is 12.1 Å². The van der Waals surface area contributed by atoms with Gasteiger partial charge >= 0.3 is 0 Å². The number of hydrogen-bond acceptors (Lipinski definition) is 4. The van der Waals surface area contributed by atoms with Crippen LogP contribution < -0.4 is 0 Å². The van der Waals surface area contributed by atoms with Crippen LogP contribution in [-0.4, -0.2) is 37.9 Å². The molecule has 0 bridgehead atoms. The molecule has 1 aliphatic rings. The zero-order chi connectivity index (χ0) is 14.2. The number of sulfonamides is 1. The van der Waals surface area contributed by atoms with Crippen LogP contribution in [0.15, 0.2) is 22.8 Å². The van der Waals surface area contributed by atoms with E-state index in [-0.39, 0.29) is 30.1 Å². The van der Waals surface area contributed by atoms with Gasteiger partial charge in [-0.3, -0.25) is 4.79 Å². The lowest BCUT2D eigenvalue weighted by atomic mass is 9.83. The Bertz CT molecular complexity index is 547. The number of carbonyl (C=O) groups excluding carboxylic acids is 1. The van der Waals surface area contributed by atoms with Crippen LogP contribution in [0.2, 0.25) is 0 Å². The number of carbonyl (C=O) groups is 1. The van der Waals surface area contributed by atoms with Gasteiger partial charge in [0.05, 0.1) is 12.5 Å². The summed E-state index contributed by atoms with van der Waals surface area (Å²) in [4.78, 5) is 12.4. The third kappa shape index (κ3) is 2.90. The van der Waals surface area contributed by atoms with Gasteiger partial charge in [-0.15, -0.1) is 0 Å². The van der Waals surface area contributed by atoms with Gasteiger partial charge in [0.25, 0.3) is 0 Å². The van der Waals surface area contributed by atoms with E-state index < -0.39 is 10.0 Å². The highest BCUT2D eigenvalue weighted by molar-refractivity contribution is 7.88. The number of hydrogen-bond donors (Lipinski definition) is 0. The van der Waals surface area contributed by atoms with Gasteiger partial charge in [-0.2, -0.15) is 0 Å². The Morgan fingerprint density at radius 3 is 2.58 bits per heavy atom. The number of nitrogens with zero attached hydrogens (tertiary/aromatic N) is 1. The van der Waals surface area contributed by atoms with Gasteiger partial charge in [-0.05, 0) is 24.0 Å². The highest BCUT2D eigenvalue weighted by Gasteiger charge is 2.43. The van der Waals surface area contributed by atoms with Gasteiger partial charge in [0, 0.05) is 19.0 Å². The van der Waals surface area contributed by atoms with Crippen LogP contribution in [0.5, 0.6) is 0 Å². The maximum Gasteiger partial charge on any atom is 0.211 e. The summed E-state index contributed by atoms with van der Waals surface area (Å²) >= 11 is 0. The number of ketones is 1. The SMILES string of the molecule is CC(C)[C@H]1CN(S(C)(=O)=O)CC1C(=O)c1ccco1. The Labute approximate surface area is 113 Å². The third-order valence-electron chi connectivity index (χ3n) is 3.76. The maximum absolute atomic E-state index is 12.4. The van der Waals surface area contributed by atoms with Gasteiger partial charge in [-0.25, -0.2) is 12.7 Å². The summed E-state index contributed by atoms with van der Waals surface area (Å²) in [7, 11) is -3.25. The van der Waals surface area contributed by atoms with Crippen molar-refractivity contribution in [3.63, 3.8) is 0 Å². The van der Waals surface area contributed by atoms with E-state index in [0.717, 1.165) is 0 Å². The van der Waals surface area contributed by atoms with Crippen molar-refractivity contribution in [2.45, 2.75) is 13.8 Å². The van der Waals surface area contributed by atoms with E-state index in [1.165, 1.54) is 16.8 Å². The average Bonchev–Trinajstić information content (AvgIpc) is 2.96. The van der Waals surface area contributed by atoms with Crippen LogP contribution >= 0.6 is 0 Å². The number of furan rings is 1. The average molecular weight is 285 g/mol. The van der Waals surface area contributed by atoms with Crippen LogP contribution in [-0.2, 0) is 10.0 Å². The maximum atomic E-state index is 12.4. The van der Waals surface area contributed by atoms with Crippen molar-refractivity contribution in [1.82, 2.24) is 4.31 Å². The minimum Gasteiger partial charge on any atom is -0.461 e. The first-order chi connectivity index (χ1) is 8.80. The summed E-state index contributed by atoms with van der Waals surface area (Å²) < 4.78 is 29.8. The molecule has 1 aromatic rings. The van der Waals surface area contributed by atoms with Crippen LogP contribution in [0, 0.1) is 17.8 Å². The molecule has 19 heavy (non-hydrogen) atoms. The monoisotopic (exact) mass is 285 g/mol. The summed E-state index contributed by atoms with van der Waals surface area (Å²) in [5.74, 6) is 0.171. The zero-order valence-corrected chi connectivity index (χ0v) is 12.2. The molecule has 1 aromatic heterocycles. The zero-order valence-electron chi connectivity index (χ0n) is 11.4. The van der Waals surface area contributed by atoms with Crippen molar-refractivity contribution in [1.29, 1.82) is 0 Å². The van der Waals surface area contributed by atoms with Gasteiger partial charge < -0.3 is 4.42 Å². The second kappa shape index (κ2) is 5.09. The van der Waals surface area contributed by atoms with Crippen molar-refractivity contribution in [2.24, 2.45) is 17.8 Å². The molecule has 1 aliphatic heterocycles. The predicted octanol–water partition coefficient (Wildman–Crippen LogP) is 1.63. The second-order valence-corrected chi connectivity index (χ2v) is 7.42. The number of Topliss-reactive ketones (excluding diaryl/α,β-unsaturated/α-hetero) is 1. The minimum atomic E-state index is -3.25. The van der Waals surface area contributed by atoms with E-state index in [4.69, 9.17) is 4.42 Å². The van der Waals surface area contributed by atoms with Crippen LogP contribution in [0.3, 0.4) is 0 Å². The highest BCUT2D eigenvalue weighted by Crippen LogP contribution is 2.33. The van der Waals surface area contributed by atoms with Crippen molar-refractivity contribution in [3.8, 4) is 0 Å². The summed E-state index contributed by atoms with van der Waals surface area (Å²) in [5.41, 5.74) is 0. The molecule has 2 heterocycles. The largest absolute Gasteiger partial charge is 0.461 e.